The highest BCUT2D eigenvalue weighted by Gasteiger charge is 2.42. The van der Waals surface area contributed by atoms with E-state index in [0.717, 1.165) is 19.4 Å². The topological polar surface area (TPSA) is 85.8 Å². The summed E-state index contributed by atoms with van der Waals surface area (Å²) in [5.41, 5.74) is -0.133. The van der Waals surface area contributed by atoms with Gasteiger partial charge in [0.25, 0.3) is 0 Å². The fraction of sp³-hybridized carbons (Fsp3) is 0.786. The molecular weight excluding hydrogens is 327 g/mol. The van der Waals surface area contributed by atoms with Gasteiger partial charge in [0.05, 0.1) is 6.54 Å². The van der Waals surface area contributed by atoms with E-state index in [1.807, 2.05) is 4.90 Å². The number of aliphatic imine (C=N–C) groups is 1. The number of carbonyl (C=O) groups is 2. The van der Waals surface area contributed by atoms with Crippen LogP contribution < -0.4 is 16.0 Å². The van der Waals surface area contributed by atoms with Gasteiger partial charge in [-0.2, -0.15) is 13.2 Å². The van der Waals surface area contributed by atoms with Gasteiger partial charge in [-0.1, -0.05) is 0 Å². The number of alkyl halides is 3. The van der Waals surface area contributed by atoms with Crippen LogP contribution in [0.25, 0.3) is 0 Å². The van der Waals surface area contributed by atoms with Crippen molar-refractivity contribution in [3.05, 3.63) is 0 Å². The Morgan fingerprint density at radius 3 is 2.75 bits per heavy atom. The predicted octanol–water partition coefficient (Wildman–Crippen LogP) is -0.158. The van der Waals surface area contributed by atoms with Gasteiger partial charge in [0.2, 0.25) is 11.8 Å². The molecule has 2 aliphatic heterocycles. The summed E-state index contributed by atoms with van der Waals surface area (Å²) in [6, 6.07) is 0. The highest BCUT2D eigenvalue weighted by atomic mass is 19.4. The van der Waals surface area contributed by atoms with Gasteiger partial charge in [-0.15, -0.1) is 0 Å². The van der Waals surface area contributed by atoms with E-state index >= 15 is 0 Å². The maximum atomic E-state index is 12.1. The first-order valence-electron chi connectivity index (χ1n) is 7.79. The average molecular weight is 349 g/mol. The second-order valence-electron chi connectivity index (χ2n) is 6.27. The molecule has 2 amide bonds. The molecule has 1 unspecified atom stereocenters. The van der Waals surface area contributed by atoms with Gasteiger partial charge in [-0.25, -0.2) is 0 Å². The molecule has 2 aliphatic rings. The maximum Gasteiger partial charge on any atom is 0.405 e. The first-order chi connectivity index (χ1) is 11.2. The van der Waals surface area contributed by atoms with E-state index in [-0.39, 0.29) is 17.9 Å². The lowest BCUT2D eigenvalue weighted by atomic mass is 9.79. The zero-order valence-corrected chi connectivity index (χ0v) is 13.5. The standard InChI is InChI=1S/C14H22F3N5O2/c1-18-12(19-6-11(24)21-8-14(15,16)17)22-4-2-3-13(9-22)5-10(23)20-7-13/h2-9H2,1H3,(H,18,19)(H,20,23)(H,21,24). The van der Waals surface area contributed by atoms with Crippen molar-refractivity contribution in [1.29, 1.82) is 0 Å². The molecule has 7 nitrogen and oxygen atoms in total. The van der Waals surface area contributed by atoms with Crippen LogP contribution >= 0.6 is 0 Å². The molecule has 2 fully saturated rings. The van der Waals surface area contributed by atoms with Gasteiger partial charge >= 0.3 is 6.18 Å². The zero-order chi connectivity index (χ0) is 17.8. The summed E-state index contributed by atoms with van der Waals surface area (Å²) >= 11 is 0. The van der Waals surface area contributed by atoms with Crippen LogP contribution in [-0.2, 0) is 9.59 Å². The molecule has 0 bridgehead atoms. The van der Waals surface area contributed by atoms with Crippen LogP contribution in [0, 0.1) is 5.41 Å². The minimum absolute atomic E-state index is 0.0336. The summed E-state index contributed by atoms with van der Waals surface area (Å²) in [6.45, 7) is 0.316. The summed E-state index contributed by atoms with van der Waals surface area (Å²) in [6.07, 6.45) is -2.15. The molecule has 2 heterocycles. The Balaban J connectivity index is 1.85. The van der Waals surface area contributed by atoms with Gasteiger partial charge in [0.15, 0.2) is 5.96 Å². The molecule has 136 valence electrons. The number of carbonyl (C=O) groups excluding carboxylic acids is 2. The number of halogens is 3. The smallest absolute Gasteiger partial charge is 0.355 e. The number of nitrogens with one attached hydrogen (secondary N) is 3. The number of hydrogen-bond donors (Lipinski definition) is 3. The van der Waals surface area contributed by atoms with Crippen molar-refractivity contribution in [3.63, 3.8) is 0 Å². The quantitative estimate of drug-likeness (QED) is 0.488. The lowest BCUT2D eigenvalue weighted by Crippen LogP contribution is -2.53. The van der Waals surface area contributed by atoms with E-state index < -0.39 is 18.6 Å². The van der Waals surface area contributed by atoms with Crippen molar-refractivity contribution >= 4 is 17.8 Å². The largest absolute Gasteiger partial charge is 0.405 e. The molecule has 2 rings (SSSR count). The molecule has 24 heavy (non-hydrogen) atoms. The van der Waals surface area contributed by atoms with Gasteiger partial charge < -0.3 is 20.9 Å². The first kappa shape index (κ1) is 18.3. The molecule has 0 aliphatic carbocycles. The zero-order valence-electron chi connectivity index (χ0n) is 13.5. The molecule has 0 aromatic heterocycles. The number of piperidine rings is 1. The molecule has 0 radical (unpaired) electrons. The lowest BCUT2D eigenvalue weighted by Gasteiger charge is -2.40. The van der Waals surface area contributed by atoms with Gasteiger partial charge in [-0.3, -0.25) is 14.6 Å². The SMILES string of the molecule is CN=C(NCC(=O)NCC(F)(F)F)N1CCCC2(CNC(=O)C2)C1. The second-order valence-corrected chi connectivity index (χ2v) is 6.27. The highest BCUT2D eigenvalue weighted by Crippen LogP contribution is 2.35. The molecule has 1 atom stereocenters. The fourth-order valence-corrected chi connectivity index (χ4v) is 3.18. The first-order valence-corrected chi connectivity index (χ1v) is 7.79. The summed E-state index contributed by atoms with van der Waals surface area (Å²) in [5, 5.41) is 7.43. The third kappa shape index (κ3) is 5.00. The minimum Gasteiger partial charge on any atom is -0.355 e. The summed E-state index contributed by atoms with van der Waals surface area (Å²) in [7, 11) is 1.55. The van der Waals surface area contributed by atoms with Crippen LogP contribution in [-0.4, -0.2) is 68.6 Å². The van der Waals surface area contributed by atoms with E-state index in [1.54, 1.807) is 12.4 Å². The van der Waals surface area contributed by atoms with Crippen molar-refractivity contribution < 1.29 is 22.8 Å². The number of rotatable bonds is 3. The van der Waals surface area contributed by atoms with Crippen molar-refractivity contribution in [2.75, 3.05) is 39.8 Å². The Hall–Kier alpha value is -2.00. The summed E-state index contributed by atoms with van der Waals surface area (Å²) < 4.78 is 36.2. The van der Waals surface area contributed by atoms with Crippen molar-refractivity contribution in [2.45, 2.75) is 25.4 Å². The number of guanidine groups is 1. The van der Waals surface area contributed by atoms with E-state index in [2.05, 4.69) is 15.6 Å². The third-order valence-electron chi connectivity index (χ3n) is 4.26. The number of nitrogens with zero attached hydrogens (tertiary/aromatic N) is 2. The van der Waals surface area contributed by atoms with Gasteiger partial charge in [0, 0.05) is 38.5 Å². The van der Waals surface area contributed by atoms with Crippen LogP contribution in [0.5, 0.6) is 0 Å². The minimum atomic E-state index is -4.43. The van der Waals surface area contributed by atoms with Crippen LogP contribution in [0.1, 0.15) is 19.3 Å². The van der Waals surface area contributed by atoms with Crippen LogP contribution in [0.2, 0.25) is 0 Å². The molecule has 0 aromatic rings. The molecule has 2 saturated heterocycles. The second kappa shape index (κ2) is 7.27. The molecule has 1 spiro atoms. The summed E-state index contributed by atoms with van der Waals surface area (Å²) in [4.78, 5) is 29.0. The van der Waals surface area contributed by atoms with Crippen molar-refractivity contribution in [1.82, 2.24) is 20.9 Å². The van der Waals surface area contributed by atoms with Crippen molar-refractivity contribution in [3.8, 4) is 0 Å². The number of likely N-dealkylation sites (tertiary alicyclic amines) is 1. The Bertz CT molecular complexity index is 523. The monoisotopic (exact) mass is 349 g/mol. The predicted molar refractivity (Wildman–Crippen MR) is 81.3 cm³/mol. The third-order valence-corrected chi connectivity index (χ3v) is 4.26. The van der Waals surface area contributed by atoms with Crippen LogP contribution in [0.15, 0.2) is 4.99 Å². The van der Waals surface area contributed by atoms with E-state index in [4.69, 9.17) is 0 Å². The molecule has 10 heteroatoms. The Labute approximate surface area is 138 Å². The molecule has 3 N–H and O–H groups in total. The molecule has 0 aromatic carbocycles. The van der Waals surface area contributed by atoms with Crippen molar-refractivity contribution in [2.24, 2.45) is 10.4 Å². The van der Waals surface area contributed by atoms with Crippen LogP contribution in [0.4, 0.5) is 13.2 Å². The molecular formula is C14H22F3N5O2. The van der Waals surface area contributed by atoms with E-state index in [0.29, 0.717) is 25.5 Å². The lowest BCUT2D eigenvalue weighted by molar-refractivity contribution is -0.137. The average Bonchev–Trinajstić information content (AvgIpc) is 2.85. The highest BCUT2D eigenvalue weighted by molar-refractivity contribution is 5.86. The van der Waals surface area contributed by atoms with Gasteiger partial charge in [0.1, 0.15) is 6.54 Å². The Morgan fingerprint density at radius 2 is 2.17 bits per heavy atom. The Morgan fingerprint density at radius 1 is 1.42 bits per heavy atom. The number of amides is 2. The maximum absolute atomic E-state index is 12.1. The fourth-order valence-electron chi connectivity index (χ4n) is 3.18. The summed E-state index contributed by atoms with van der Waals surface area (Å²) in [5.74, 6) is -0.264. The van der Waals surface area contributed by atoms with E-state index in [1.165, 1.54) is 0 Å². The number of hydrogen-bond acceptors (Lipinski definition) is 3. The molecule has 0 saturated carbocycles. The van der Waals surface area contributed by atoms with Crippen LogP contribution in [0.3, 0.4) is 0 Å². The van der Waals surface area contributed by atoms with E-state index in [9.17, 15) is 22.8 Å². The van der Waals surface area contributed by atoms with Gasteiger partial charge in [-0.05, 0) is 12.8 Å². The normalized spacial score (nSPS) is 24.9. The Kier molecular flexibility index (Phi) is 5.55.